The molecule has 25 heavy (non-hydrogen) atoms. The van der Waals surface area contributed by atoms with Gasteiger partial charge in [0.15, 0.2) is 11.6 Å². The fraction of sp³-hybridized carbons (Fsp3) is 0.333. The third-order valence-electron chi connectivity index (χ3n) is 4.37. The van der Waals surface area contributed by atoms with Gasteiger partial charge in [-0.15, -0.1) is 0 Å². The van der Waals surface area contributed by atoms with Crippen LogP contribution >= 0.6 is 0 Å². The van der Waals surface area contributed by atoms with Crippen LogP contribution in [-0.2, 0) is 0 Å². The summed E-state index contributed by atoms with van der Waals surface area (Å²) < 4.78 is 0. The molecule has 0 aromatic heterocycles. The number of ketones is 2. The lowest BCUT2D eigenvalue weighted by Crippen LogP contribution is -2.01. The predicted molar refractivity (Wildman–Crippen MR) is 97.4 cm³/mol. The van der Waals surface area contributed by atoms with Crippen molar-refractivity contribution in [3.8, 4) is 11.5 Å². The van der Waals surface area contributed by atoms with Crippen LogP contribution in [0.2, 0.25) is 0 Å². The first-order valence-electron chi connectivity index (χ1n) is 8.54. The molecule has 0 amide bonds. The second-order valence-corrected chi connectivity index (χ2v) is 6.41. The highest BCUT2D eigenvalue weighted by atomic mass is 16.3. The first-order valence-corrected chi connectivity index (χ1v) is 8.54. The number of phenolic OH excluding ortho intramolecular Hbond substituents is 2. The van der Waals surface area contributed by atoms with Gasteiger partial charge in [-0.2, -0.15) is 0 Å². The van der Waals surface area contributed by atoms with Gasteiger partial charge in [-0.3, -0.25) is 9.59 Å². The van der Waals surface area contributed by atoms with E-state index in [9.17, 15) is 19.8 Å². The lowest BCUT2D eigenvalue weighted by molar-refractivity contribution is 0.0977. The third kappa shape index (κ3) is 5.18. The minimum Gasteiger partial charge on any atom is -0.508 e. The number of hydrogen-bond acceptors (Lipinski definition) is 4. The highest BCUT2D eigenvalue weighted by Gasteiger charge is 2.10. The highest BCUT2D eigenvalue weighted by molar-refractivity contribution is 5.97. The second-order valence-electron chi connectivity index (χ2n) is 6.41. The number of unbranched alkanes of at least 4 members (excludes halogenated alkanes) is 2. The molecule has 0 radical (unpaired) electrons. The maximum absolute atomic E-state index is 12.1. The number of Topliss-reactive ketones (excluding diaryl/α,β-unsaturated/α-hetero) is 2. The molecule has 0 fully saturated rings. The first kappa shape index (κ1) is 18.7. The smallest absolute Gasteiger partial charge is 0.163 e. The average Bonchev–Trinajstić information content (AvgIpc) is 2.59. The van der Waals surface area contributed by atoms with Crippen LogP contribution in [-0.4, -0.2) is 21.8 Å². The van der Waals surface area contributed by atoms with E-state index < -0.39 is 0 Å². The molecular weight excluding hydrogens is 316 g/mol. The SMILES string of the molecule is Cc1ccc(C(=O)CCCCCC(=O)c2ccc(C)c(O)c2)cc1O. The van der Waals surface area contributed by atoms with E-state index in [2.05, 4.69) is 0 Å². The Hall–Kier alpha value is -2.62. The van der Waals surface area contributed by atoms with E-state index in [-0.39, 0.29) is 23.1 Å². The molecule has 132 valence electrons. The lowest BCUT2D eigenvalue weighted by atomic mass is 10.00. The van der Waals surface area contributed by atoms with Crippen molar-refractivity contribution in [2.24, 2.45) is 0 Å². The van der Waals surface area contributed by atoms with E-state index in [0.29, 0.717) is 36.8 Å². The Morgan fingerprint density at radius 3 is 1.48 bits per heavy atom. The van der Waals surface area contributed by atoms with Gasteiger partial charge in [-0.1, -0.05) is 30.7 Å². The summed E-state index contributed by atoms with van der Waals surface area (Å²) in [4.78, 5) is 24.2. The Morgan fingerprint density at radius 2 is 1.12 bits per heavy atom. The highest BCUT2D eigenvalue weighted by Crippen LogP contribution is 2.21. The zero-order valence-corrected chi connectivity index (χ0v) is 14.7. The van der Waals surface area contributed by atoms with Crippen molar-refractivity contribution in [1.29, 1.82) is 0 Å². The zero-order chi connectivity index (χ0) is 18.4. The molecule has 0 aliphatic rings. The van der Waals surface area contributed by atoms with Gasteiger partial charge in [-0.25, -0.2) is 0 Å². The molecule has 0 bridgehead atoms. The monoisotopic (exact) mass is 340 g/mol. The predicted octanol–water partition coefficient (Wildman–Crippen LogP) is 4.73. The topological polar surface area (TPSA) is 74.6 Å². The molecule has 0 unspecified atom stereocenters. The van der Waals surface area contributed by atoms with Gasteiger partial charge in [0, 0.05) is 24.0 Å². The van der Waals surface area contributed by atoms with E-state index in [0.717, 1.165) is 17.5 Å². The summed E-state index contributed by atoms with van der Waals surface area (Å²) >= 11 is 0. The van der Waals surface area contributed by atoms with Gasteiger partial charge in [0.05, 0.1) is 0 Å². The zero-order valence-electron chi connectivity index (χ0n) is 14.7. The van der Waals surface area contributed by atoms with E-state index >= 15 is 0 Å². The number of phenols is 2. The summed E-state index contributed by atoms with van der Waals surface area (Å²) in [6.07, 6.45) is 3.01. The molecule has 0 spiro atoms. The van der Waals surface area contributed by atoms with Crippen LogP contribution in [0.3, 0.4) is 0 Å². The summed E-state index contributed by atoms with van der Waals surface area (Å²) in [5.41, 5.74) is 2.54. The second kappa shape index (κ2) is 8.47. The van der Waals surface area contributed by atoms with Crippen LogP contribution < -0.4 is 0 Å². The van der Waals surface area contributed by atoms with Crippen LogP contribution in [0.1, 0.15) is 63.9 Å². The molecule has 0 saturated heterocycles. The van der Waals surface area contributed by atoms with Crippen molar-refractivity contribution < 1.29 is 19.8 Å². The van der Waals surface area contributed by atoms with Gasteiger partial charge in [0.1, 0.15) is 11.5 Å². The standard InChI is InChI=1S/C21H24O4/c1-14-8-10-16(12-20(14)24)18(22)6-4-3-5-7-19(23)17-11-9-15(2)21(25)13-17/h8-13,24-25H,3-7H2,1-2H3. The molecule has 2 aromatic rings. The number of hydrogen-bond donors (Lipinski definition) is 2. The Labute approximate surface area is 148 Å². The minimum absolute atomic E-state index is 0.00471. The normalized spacial score (nSPS) is 10.6. The van der Waals surface area contributed by atoms with Gasteiger partial charge in [0.2, 0.25) is 0 Å². The van der Waals surface area contributed by atoms with Crippen LogP contribution in [0.5, 0.6) is 11.5 Å². The largest absolute Gasteiger partial charge is 0.508 e. The van der Waals surface area contributed by atoms with Gasteiger partial charge < -0.3 is 10.2 Å². The summed E-state index contributed by atoms with van der Waals surface area (Å²) in [6, 6.07) is 9.93. The van der Waals surface area contributed by atoms with E-state index in [4.69, 9.17) is 0 Å². The van der Waals surface area contributed by atoms with Gasteiger partial charge in [-0.05, 0) is 49.9 Å². The maximum atomic E-state index is 12.1. The van der Waals surface area contributed by atoms with E-state index in [1.807, 2.05) is 0 Å². The number of aromatic hydroxyl groups is 2. The summed E-state index contributed by atoms with van der Waals surface area (Å²) in [5.74, 6) is 0.283. The van der Waals surface area contributed by atoms with E-state index in [1.165, 1.54) is 12.1 Å². The number of rotatable bonds is 8. The third-order valence-corrected chi connectivity index (χ3v) is 4.37. The first-order chi connectivity index (χ1) is 11.9. The summed E-state index contributed by atoms with van der Waals surface area (Å²) in [7, 11) is 0. The average molecular weight is 340 g/mol. The van der Waals surface area contributed by atoms with Crippen LogP contribution in [0, 0.1) is 13.8 Å². The number of benzene rings is 2. The number of carbonyl (C=O) groups excluding carboxylic acids is 2. The minimum atomic E-state index is 0.00471. The Kier molecular flexibility index (Phi) is 6.34. The van der Waals surface area contributed by atoms with Crippen molar-refractivity contribution in [2.45, 2.75) is 46.0 Å². The molecule has 0 aliphatic heterocycles. The quantitative estimate of drug-likeness (QED) is 0.538. The van der Waals surface area contributed by atoms with Crippen LogP contribution in [0.4, 0.5) is 0 Å². The fourth-order valence-electron chi connectivity index (χ4n) is 2.60. The van der Waals surface area contributed by atoms with Crippen molar-refractivity contribution in [3.63, 3.8) is 0 Å². The number of carbonyl (C=O) groups is 2. The van der Waals surface area contributed by atoms with Gasteiger partial charge >= 0.3 is 0 Å². The molecular formula is C21H24O4. The summed E-state index contributed by atoms with van der Waals surface area (Å²) in [5, 5.41) is 19.3. The fourth-order valence-corrected chi connectivity index (χ4v) is 2.60. The molecule has 0 saturated carbocycles. The lowest BCUT2D eigenvalue weighted by Gasteiger charge is -2.05. The Bertz CT molecular complexity index is 712. The molecule has 0 aliphatic carbocycles. The molecule has 0 heterocycles. The maximum Gasteiger partial charge on any atom is 0.163 e. The van der Waals surface area contributed by atoms with Gasteiger partial charge in [0.25, 0.3) is 0 Å². The van der Waals surface area contributed by atoms with Crippen molar-refractivity contribution in [1.82, 2.24) is 0 Å². The molecule has 4 heteroatoms. The van der Waals surface area contributed by atoms with Crippen molar-refractivity contribution in [2.75, 3.05) is 0 Å². The molecule has 2 N–H and O–H groups in total. The Morgan fingerprint density at radius 1 is 0.720 bits per heavy atom. The Balaban J connectivity index is 1.73. The molecule has 0 atom stereocenters. The van der Waals surface area contributed by atoms with Crippen LogP contribution in [0.25, 0.3) is 0 Å². The molecule has 2 rings (SSSR count). The molecule has 4 nitrogen and oxygen atoms in total. The van der Waals surface area contributed by atoms with Crippen LogP contribution in [0.15, 0.2) is 36.4 Å². The van der Waals surface area contributed by atoms with Crippen molar-refractivity contribution in [3.05, 3.63) is 58.7 Å². The summed E-state index contributed by atoms with van der Waals surface area (Å²) in [6.45, 7) is 3.57. The molecule has 2 aromatic carbocycles. The van der Waals surface area contributed by atoms with Crippen molar-refractivity contribution >= 4 is 11.6 Å². The van der Waals surface area contributed by atoms with E-state index in [1.54, 1.807) is 38.1 Å². The number of aryl methyl sites for hydroxylation is 2.